The number of benzene rings is 2. The van der Waals surface area contributed by atoms with Crippen LogP contribution in [-0.2, 0) is 20.9 Å². The number of rotatable bonds is 7. The fraction of sp³-hybridized carbons (Fsp3) is 0.318. The third-order valence-electron chi connectivity index (χ3n) is 5.26. The van der Waals surface area contributed by atoms with E-state index < -0.39 is 18.2 Å². The Morgan fingerprint density at radius 3 is 2.76 bits per heavy atom. The molecular formula is C22H22BrN5O6. The van der Waals surface area contributed by atoms with Crippen molar-refractivity contribution in [1.29, 1.82) is 0 Å². The Morgan fingerprint density at radius 1 is 1.18 bits per heavy atom. The van der Waals surface area contributed by atoms with Crippen molar-refractivity contribution in [3.05, 3.63) is 69.0 Å². The lowest BCUT2D eigenvalue weighted by Gasteiger charge is -2.16. The fourth-order valence-electron chi connectivity index (χ4n) is 3.55. The number of hydrogen-bond donors (Lipinski definition) is 1. The Labute approximate surface area is 203 Å². The maximum absolute atomic E-state index is 12.4. The van der Waals surface area contributed by atoms with Crippen LogP contribution in [0.2, 0.25) is 0 Å². The van der Waals surface area contributed by atoms with Gasteiger partial charge in [-0.05, 0) is 17.7 Å². The second-order valence-corrected chi connectivity index (χ2v) is 8.60. The summed E-state index contributed by atoms with van der Waals surface area (Å²) < 4.78 is 11.9. The van der Waals surface area contributed by atoms with Gasteiger partial charge in [0.2, 0.25) is 5.10 Å². The molecule has 2 heterocycles. The second kappa shape index (κ2) is 10.5. The molecule has 0 spiro atoms. The summed E-state index contributed by atoms with van der Waals surface area (Å²) >= 11 is 3.25. The molecule has 2 aromatic carbocycles. The molecule has 12 heteroatoms. The van der Waals surface area contributed by atoms with E-state index in [1.165, 1.54) is 17.0 Å². The number of nitrogens with one attached hydrogen (secondary N) is 1. The highest BCUT2D eigenvalue weighted by Gasteiger charge is 2.30. The third-order valence-corrected chi connectivity index (χ3v) is 5.75. The summed E-state index contributed by atoms with van der Waals surface area (Å²) in [5.74, 6) is -0.708. The van der Waals surface area contributed by atoms with Gasteiger partial charge in [0, 0.05) is 28.3 Å². The molecule has 0 saturated carbocycles. The molecule has 0 unspecified atom stereocenters. The van der Waals surface area contributed by atoms with Gasteiger partial charge in [-0.1, -0.05) is 46.3 Å². The maximum atomic E-state index is 12.4. The number of fused-ring (bicyclic) bond motifs is 1. The number of aromatic nitrogens is 3. The van der Waals surface area contributed by atoms with Gasteiger partial charge in [0.05, 0.1) is 19.5 Å². The molecule has 178 valence electrons. The second-order valence-electron chi connectivity index (χ2n) is 7.69. The number of amides is 1. The normalized spacial score (nSPS) is 15.3. The van der Waals surface area contributed by atoms with E-state index in [1.807, 2.05) is 30.3 Å². The van der Waals surface area contributed by atoms with Gasteiger partial charge < -0.3 is 24.8 Å². The minimum absolute atomic E-state index is 0.0473. The number of ether oxygens (including phenoxy) is 2. The van der Waals surface area contributed by atoms with Crippen LogP contribution in [0.4, 0.5) is 10.7 Å². The summed E-state index contributed by atoms with van der Waals surface area (Å²) in [6.45, 7) is 0.910. The number of esters is 1. The first-order chi connectivity index (χ1) is 16.4. The molecule has 0 radical (unpaired) electrons. The van der Waals surface area contributed by atoms with Crippen molar-refractivity contribution in [2.75, 3.05) is 25.0 Å². The van der Waals surface area contributed by atoms with Gasteiger partial charge in [-0.15, -0.1) is 0 Å². The predicted molar refractivity (Wildman–Crippen MR) is 123 cm³/mol. The van der Waals surface area contributed by atoms with Crippen molar-refractivity contribution in [1.82, 2.24) is 10.00 Å². The van der Waals surface area contributed by atoms with Crippen LogP contribution in [0.25, 0.3) is 11.0 Å². The van der Waals surface area contributed by atoms with Gasteiger partial charge >= 0.3 is 23.5 Å². The molecule has 34 heavy (non-hydrogen) atoms. The zero-order chi connectivity index (χ0) is 24.1. The average Bonchev–Trinajstić information content (AvgIpc) is 3.29. The lowest BCUT2D eigenvalue weighted by molar-refractivity contribution is -0.672. The van der Waals surface area contributed by atoms with Gasteiger partial charge in [0.1, 0.15) is 12.7 Å². The minimum atomic E-state index is -0.492. The SMILES string of the molecule is O=C(CCNc1n[n+]([O-])c2cc(Br)ccc2[n+]1[O-])O[C@@H]1CCN(C(=O)OCc2ccccc2)C1. The van der Waals surface area contributed by atoms with Crippen molar-refractivity contribution < 1.29 is 28.6 Å². The van der Waals surface area contributed by atoms with Crippen molar-refractivity contribution in [2.45, 2.75) is 25.6 Å². The first kappa shape index (κ1) is 23.5. The largest absolute Gasteiger partial charge is 0.739 e. The summed E-state index contributed by atoms with van der Waals surface area (Å²) in [6, 6.07) is 14.0. The highest BCUT2D eigenvalue weighted by atomic mass is 79.9. The van der Waals surface area contributed by atoms with Crippen LogP contribution in [0.15, 0.2) is 53.0 Å². The number of hydrogen-bond acceptors (Lipinski definition) is 8. The molecule has 11 nitrogen and oxygen atoms in total. The van der Waals surface area contributed by atoms with Gasteiger partial charge in [-0.2, -0.15) is 0 Å². The Morgan fingerprint density at radius 2 is 1.97 bits per heavy atom. The molecule has 1 aliphatic rings. The van der Waals surface area contributed by atoms with E-state index in [1.54, 1.807) is 6.07 Å². The van der Waals surface area contributed by atoms with Gasteiger partial charge in [-0.25, -0.2) is 9.52 Å². The number of nitrogens with zero attached hydrogens (tertiary/aromatic N) is 4. The number of carbonyl (C=O) groups is 2. The zero-order valence-electron chi connectivity index (χ0n) is 18.1. The summed E-state index contributed by atoms with van der Waals surface area (Å²) in [7, 11) is 0. The fourth-order valence-corrected chi connectivity index (χ4v) is 3.89. The molecule has 1 saturated heterocycles. The number of likely N-dealkylation sites (tertiary alicyclic amines) is 1. The van der Waals surface area contributed by atoms with Gasteiger partial charge in [0.25, 0.3) is 0 Å². The molecule has 1 N–H and O–H groups in total. The van der Waals surface area contributed by atoms with Gasteiger partial charge in [0.15, 0.2) is 5.52 Å². The summed E-state index contributed by atoms with van der Waals surface area (Å²) in [6.07, 6.45) is -0.418. The quantitative estimate of drug-likeness (QED) is 0.278. The predicted octanol–water partition coefficient (Wildman–Crippen LogP) is 2.02. The van der Waals surface area contributed by atoms with E-state index in [4.69, 9.17) is 9.47 Å². The average molecular weight is 532 g/mol. The molecule has 3 aromatic rings. The number of anilines is 1. The van der Waals surface area contributed by atoms with Crippen LogP contribution < -0.4 is 14.9 Å². The molecule has 1 atom stereocenters. The monoisotopic (exact) mass is 531 g/mol. The lowest BCUT2D eigenvalue weighted by Crippen LogP contribution is -2.44. The van der Waals surface area contributed by atoms with E-state index in [-0.39, 0.29) is 43.1 Å². The standard InChI is InChI=1S/C22H22BrN5O6/c23-16-6-7-18-19(12-16)28(32)25-21(27(18)31)24-10-8-20(29)34-17-9-11-26(13-17)22(30)33-14-15-4-2-1-3-5-15/h1-7,12,17H,8-11,13-14H2,(H,24,25)/t17-/m1/s1. The molecule has 1 aromatic heterocycles. The third kappa shape index (κ3) is 5.63. The van der Waals surface area contributed by atoms with Crippen LogP contribution >= 0.6 is 15.9 Å². The molecule has 1 amide bonds. The minimum Gasteiger partial charge on any atom is -0.739 e. The van der Waals surface area contributed by atoms with Crippen LogP contribution in [0.1, 0.15) is 18.4 Å². The lowest BCUT2D eigenvalue weighted by atomic mass is 10.2. The zero-order valence-corrected chi connectivity index (χ0v) is 19.6. The van der Waals surface area contributed by atoms with Crippen molar-refractivity contribution in [3.8, 4) is 0 Å². The van der Waals surface area contributed by atoms with E-state index in [0.717, 1.165) is 5.56 Å². The first-order valence-electron chi connectivity index (χ1n) is 10.6. The van der Waals surface area contributed by atoms with E-state index >= 15 is 0 Å². The summed E-state index contributed by atoms with van der Waals surface area (Å²) in [5.41, 5.74) is 1.15. The Bertz CT molecular complexity index is 1200. The molecule has 4 rings (SSSR count). The van der Waals surface area contributed by atoms with Crippen LogP contribution in [0.5, 0.6) is 0 Å². The van der Waals surface area contributed by atoms with Crippen molar-refractivity contribution in [3.63, 3.8) is 0 Å². The molecular weight excluding hydrogens is 510 g/mol. The van der Waals surface area contributed by atoms with Crippen molar-refractivity contribution in [2.24, 2.45) is 0 Å². The highest BCUT2D eigenvalue weighted by molar-refractivity contribution is 9.10. The molecule has 1 aliphatic heterocycles. The highest BCUT2D eigenvalue weighted by Crippen LogP contribution is 2.16. The molecule has 1 fully saturated rings. The van der Waals surface area contributed by atoms with Crippen molar-refractivity contribution >= 4 is 45.0 Å². The topological polar surface area (TPSA) is 135 Å². The molecule has 0 aliphatic carbocycles. The smallest absolute Gasteiger partial charge is 0.460 e. The van der Waals surface area contributed by atoms with Gasteiger partial charge in [-0.3, -0.25) is 10.1 Å². The van der Waals surface area contributed by atoms with Crippen LogP contribution in [0.3, 0.4) is 0 Å². The van der Waals surface area contributed by atoms with E-state index in [9.17, 15) is 20.0 Å². The number of halogens is 1. The van der Waals surface area contributed by atoms with Crippen LogP contribution in [-0.4, -0.2) is 47.8 Å². The van der Waals surface area contributed by atoms with E-state index in [2.05, 4.69) is 26.3 Å². The Hall–Kier alpha value is -3.67. The summed E-state index contributed by atoms with van der Waals surface area (Å²) in [5, 5.41) is 30.9. The number of carbonyl (C=O) groups excluding carboxylic acids is 2. The van der Waals surface area contributed by atoms with E-state index in [0.29, 0.717) is 27.0 Å². The Kier molecular flexibility index (Phi) is 7.26. The maximum Gasteiger partial charge on any atom is 0.460 e. The Balaban J connectivity index is 1.22. The van der Waals surface area contributed by atoms with Crippen LogP contribution in [0, 0.1) is 10.4 Å². The first-order valence-corrected chi connectivity index (χ1v) is 11.4. The molecule has 0 bridgehead atoms. The summed E-state index contributed by atoms with van der Waals surface area (Å²) in [4.78, 5) is 26.3.